The van der Waals surface area contributed by atoms with Gasteiger partial charge >= 0.3 is 0 Å². The second-order valence-electron chi connectivity index (χ2n) is 10.5. The molecule has 5 nitrogen and oxygen atoms in total. The van der Waals surface area contributed by atoms with E-state index in [0.717, 1.165) is 52.7 Å². The minimum Gasteiger partial charge on any atom is -0.383 e. The molecule has 0 aliphatic heterocycles. The van der Waals surface area contributed by atoms with Crippen LogP contribution in [0, 0.1) is 5.92 Å². The third kappa shape index (κ3) is 5.30. The number of ketones is 2. The van der Waals surface area contributed by atoms with E-state index in [4.69, 9.17) is 0 Å². The van der Waals surface area contributed by atoms with Gasteiger partial charge in [-0.2, -0.15) is 0 Å². The van der Waals surface area contributed by atoms with E-state index in [0.29, 0.717) is 47.0 Å². The summed E-state index contributed by atoms with van der Waals surface area (Å²) >= 11 is 0. The Labute approximate surface area is 225 Å². The number of carbonyl (C=O) groups excluding carboxylic acids is 2. The van der Waals surface area contributed by atoms with Gasteiger partial charge in [-0.3, -0.25) is 9.59 Å². The summed E-state index contributed by atoms with van der Waals surface area (Å²) in [6.07, 6.45) is 3.16. The van der Waals surface area contributed by atoms with Crippen LogP contribution in [-0.2, 0) is 0 Å². The molecule has 0 spiro atoms. The molecular weight excluding hydrogens is 470 g/mol. The van der Waals surface area contributed by atoms with Crippen LogP contribution in [0.1, 0.15) is 59.4 Å². The first-order valence-corrected chi connectivity index (χ1v) is 13.5. The molecule has 0 aromatic heterocycles. The zero-order valence-corrected chi connectivity index (χ0v) is 23.1. The maximum Gasteiger partial charge on any atom is 0.210 e. The first-order chi connectivity index (χ1) is 18.3. The molecule has 1 atom stereocenters. The Morgan fingerprint density at radius 2 is 1.42 bits per heavy atom. The summed E-state index contributed by atoms with van der Waals surface area (Å²) in [5.41, 5.74) is 3.01. The van der Waals surface area contributed by atoms with Crippen molar-refractivity contribution in [1.82, 2.24) is 10.2 Å². The molecule has 0 radical (unpaired) electrons. The lowest BCUT2D eigenvalue weighted by atomic mass is 9.81. The number of rotatable bonds is 11. The van der Waals surface area contributed by atoms with E-state index in [2.05, 4.69) is 42.5 Å². The number of allylic oxidation sites excluding steroid dienone is 2. The molecule has 38 heavy (non-hydrogen) atoms. The van der Waals surface area contributed by atoms with Gasteiger partial charge in [0.25, 0.3) is 0 Å². The molecule has 0 bridgehead atoms. The highest BCUT2D eigenvalue weighted by molar-refractivity contribution is 6.41. The van der Waals surface area contributed by atoms with E-state index >= 15 is 0 Å². The maximum absolute atomic E-state index is 14.2. The molecule has 1 aliphatic carbocycles. The van der Waals surface area contributed by atoms with E-state index in [-0.39, 0.29) is 11.6 Å². The van der Waals surface area contributed by atoms with Crippen molar-refractivity contribution >= 4 is 46.8 Å². The molecule has 3 aromatic rings. The molecule has 1 aliphatic rings. The van der Waals surface area contributed by atoms with Gasteiger partial charge in [-0.05, 0) is 47.6 Å². The summed E-state index contributed by atoms with van der Waals surface area (Å²) < 4.78 is 0. The van der Waals surface area contributed by atoms with Crippen molar-refractivity contribution in [2.45, 2.75) is 33.1 Å². The molecule has 0 amide bonds. The van der Waals surface area contributed by atoms with Gasteiger partial charge in [0.2, 0.25) is 5.78 Å². The molecule has 0 fully saturated rings. The lowest BCUT2D eigenvalue weighted by molar-refractivity contribution is 0.0985. The molecule has 0 saturated heterocycles. The lowest BCUT2D eigenvalue weighted by Gasteiger charge is -2.26. The number of carbonyl (C=O) groups is 2. The van der Waals surface area contributed by atoms with Crippen molar-refractivity contribution in [3.8, 4) is 0 Å². The van der Waals surface area contributed by atoms with E-state index in [1.165, 1.54) is 0 Å². The average Bonchev–Trinajstić information content (AvgIpc) is 2.90. The van der Waals surface area contributed by atoms with Gasteiger partial charge < -0.3 is 15.5 Å². The van der Waals surface area contributed by atoms with Crippen LogP contribution in [0.2, 0.25) is 0 Å². The minimum atomic E-state index is -0.167. The monoisotopic (exact) mass is 509 g/mol. The van der Waals surface area contributed by atoms with E-state index in [1.54, 1.807) is 24.3 Å². The van der Waals surface area contributed by atoms with Gasteiger partial charge in [0.15, 0.2) is 5.78 Å². The summed E-state index contributed by atoms with van der Waals surface area (Å²) in [6, 6.07) is 15.1. The standard InChI is InChI=1S/C33H39N3O2/c1-7-12-21(2)17-18-34-31-29(32(37)26-15-10-11-16-27(26)33(31)38)28-22(3)24-13-8-9-14-25(24)23(4)30(28)35-19-20-36(5)6/h8-11,13-16,21,34-35H,3-4,7,12,17-20H2,1-2,5-6H3. The summed E-state index contributed by atoms with van der Waals surface area (Å²) in [5, 5.41) is 10.4. The molecule has 0 heterocycles. The Kier molecular flexibility index (Phi) is 8.48. The second kappa shape index (κ2) is 11.8. The first-order valence-electron chi connectivity index (χ1n) is 13.5. The van der Waals surface area contributed by atoms with Gasteiger partial charge in [0.05, 0.1) is 17.0 Å². The van der Waals surface area contributed by atoms with Crippen molar-refractivity contribution < 1.29 is 9.59 Å². The molecule has 2 N–H and O–H groups in total. The third-order valence-electron chi connectivity index (χ3n) is 7.38. The highest BCUT2D eigenvalue weighted by Crippen LogP contribution is 2.33. The summed E-state index contributed by atoms with van der Waals surface area (Å²) in [7, 11) is 4.04. The van der Waals surface area contributed by atoms with Gasteiger partial charge in [0.1, 0.15) is 0 Å². The number of nitrogens with zero attached hydrogens (tertiary/aromatic N) is 1. The van der Waals surface area contributed by atoms with Crippen LogP contribution in [0.3, 0.4) is 0 Å². The van der Waals surface area contributed by atoms with Crippen LogP contribution in [-0.4, -0.2) is 50.2 Å². The topological polar surface area (TPSA) is 61.4 Å². The van der Waals surface area contributed by atoms with Crippen molar-refractivity contribution in [2.24, 2.45) is 5.92 Å². The predicted molar refractivity (Wildman–Crippen MR) is 160 cm³/mol. The zero-order valence-electron chi connectivity index (χ0n) is 23.1. The summed E-state index contributed by atoms with van der Waals surface area (Å²) in [6.45, 7) is 15.3. The van der Waals surface area contributed by atoms with Crippen LogP contribution in [0.15, 0.2) is 54.2 Å². The number of benzene rings is 3. The van der Waals surface area contributed by atoms with Gasteiger partial charge in [0, 0.05) is 36.3 Å². The van der Waals surface area contributed by atoms with Crippen molar-refractivity contribution in [3.63, 3.8) is 0 Å². The lowest BCUT2D eigenvalue weighted by Crippen LogP contribution is -2.34. The Hall–Kier alpha value is -3.70. The molecule has 0 saturated carbocycles. The Balaban J connectivity index is 1.95. The minimum absolute atomic E-state index is 0.157. The largest absolute Gasteiger partial charge is 0.383 e. The highest BCUT2D eigenvalue weighted by Gasteiger charge is 2.34. The van der Waals surface area contributed by atoms with Crippen molar-refractivity contribution in [1.29, 1.82) is 0 Å². The second-order valence-corrected chi connectivity index (χ2v) is 10.5. The van der Waals surface area contributed by atoms with Crippen molar-refractivity contribution in [2.75, 3.05) is 39.0 Å². The SMILES string of the molecule is C=c1c(NCCN(C)C)c(C2=C(NCCC(C)CCC)C(=O)c3ccccc3C2=O)c(=C)c2ccccc12. The molecule has 3 aromatic carbocycles. The zero-order chi connectivity index (χ0) is 27.4. The predicted octanol–water partition coefficient (Wildman–Crippen LogP) is 4.84. The smallest absolute Gasteiger partial charge is 0.210 e. The molecule has 4 rings (SSSR count). The Morgan fingerprint density at radius 3 is 2.05 bits per heavy atom. The number of hydrogen-bond donors (Lipinski definition) is 2. The van der Waals surface area contributed by atoms with Crippen LogP contribution in [0.4, 0.5) is 5.69 Å². The number of fused-ring (bicyclic) bond motifs is 2. The number of hydrogen-bond acceptors (Lipinski definition) is 5. The Bertz CT molecular complexity index is 1500. The molecule has 198 valence electrons. The van der Waals surface area contributed by atoms with Crippen LogP contribution in [0.5, 0.6) is 0 Å². The van der Waals surface area contributed by atoms with Gasteiger partial charge in [-0.15, -0.1) is 0 Å². The van der Waals surface area contributed by atoms with E-state index in [9.17, 15) is 9.59 Å². The van der Waals surface area contributed by atoms with E-state index in [1.807, 2.05) is 38.4 Å². The summed E-state index contributed by atoms with van der Waals surface area (Å²) in [5.74, 6) is 0.201. The number of anilines is 1. The van der Waals surface area contributed by atoms with Crippen LogP contribution < -0.4 is 21.1 Å². The molecular formula is C33H39N3O2. The van der Waals surface area contributed by atoms with E-state index < -0.39 is 0 Å². The average molecular weight is 510 g/mol. The number of Topliss-reactive ketones (excluding diaryl/α,β-unsaturated/α-hetero) is 2. The third-order valence-corrected chi connectivity index (χ3v) is 7.38. The fraction of sp³-hybridized carbons (Fsp3) is 0.333. The summed E-state index contributed by atoms with van der Waals surface area (Å²) in [4.78, 5) is 30.2. The fourth-order valence-electron chi connectivity index (χ4n) is 5.32. The van der Waals surface area contributed by atoms with Gasteiger partial charge in [-0.1, -0.05) is 88.4 Å². The highest BCUT2D eigenvalue weighted by atomic mass is 16.1. The first kappa shape index (κ1) is 27.3. The van der Waals surface area contributed by atoms with Crippen molar-refractivity contribution in [3.05, 3.63) is 81.4 Å². The Morgan fingerprint density at radius 1 is 0.816 bits per heavy atom. The number of nitrogens with one attached hydrogen (secondary N) is 2. The normalized spacial score (nSPS) is 14.2. The molecule has 1 unspecified atom stereocenters. The van der Waals surface area contributed by atoms with Crippen LogP contribution in [0.25, 0.3) is 29.5 Å². The number of likely N-dealkylation sites (N-methyl/N-ethyl adjacent to an activating group) is 1. The van der Waals surface area contributed by atoms with Gasteiger partial charge in [-0.25, -0.2) is 0 Å². The van der Waals surface area contributed by atoms with Crippen LogP contribution >= 0.6 is 0 Å². The fourth-order valence-corrected chi connectivity index (χ4v) is 5.32. The quantitative estimate of drug-likeness (QED) is 0.387. The maximum atomic E-state index is 14.2. The molecule has 5 heteroatoms.